The molecule has 0 radical (unpaired) electrons. The summed E-state index contributed by atoms with van der Waals surface area (Å²) in [5, 5.41) is 25.3. The summed E-state index contributed by atoms with van der Waals surface area (Å²) in [6, 6.07) is 11.7. The molecule has 5 N–H and O–H groups in total. The van der Waals surface area contributed by atoms with Gasteiger partial charge in [0.1, 0.15) is 6.04 Å². The highest BCUT2D eigenvalue weighted by Gasteiger charge is 2.33. The lowest BCUT2D eigenvalue weighted by Crippen LogP contribution is -2.48. The first-order valence-electron chi connectivity index (χ1n) is 14.3. The molecular formula is C30H44Cl2N4O5S. The maximum atomic E-state index is 12.5. The number of likely N-dealkylation sites (tertiary alicyclic amines) is 1. The smallest absolute Gasteiger partial charge is 0.243 e. The highest BCUT2D eigenvalue weighted by molar-refractivity contribution is 7.82. The second-order valence-corrected chi connectivity index (χ2v) is 12.3. The molecule has 0 spiro atoms. The van der Waals surface area contributed by atoms with Crippen molar-refractivity contribution in [3.8, 4) is 0 Å². The lowest BCUT2D eigenvalue weighted by Gasteiger charge is -2.24. The number of aliphatic hydroxyl groups excluding tert-OH is 2. The Hall–Kier alpha value is -2.05. The van der Waals surface area contributed by atoms with Gasteiger partial charge in [0, 0.05) is 29.4 Å². The van der Waals surface area contributed by atoms with Gasteiger partial charge in [-0.15, -0.1) is 0 Å². The van der Waals surface area contributed by atoms with E-state index < -0.39 is 17.0 Å². The van der Waals surface area contributed by atoms with Gasteiger partial charge in [0.2, 0.25) is 11.8 Å². The van der Waals surface area contributed by atoms with E-state index in [2.05, 4.69) is 22.3 Å². The van der Waals surface area contributed by atoms with E-state index in [1.54, 1.807) is 42.5 Å². The second-order valence-electron chi connectivity index (χ2n) is 10.2. The molecule has 42 heavy (non-hydrogen) atoms. The fraction of sp³-hybridized carbons (Fsp3) is 0.533. The fourth-order valence-electron chi connectivity index (χ4n) is 4.70. The maximum Gasteiger partial charge on any atom is 0.243 e. The molecule has 2 fully saturated rings. The van der Waals surface area contributed by atoms with Gasteiger partial charge in [0.25, 0.3) is 0 Å². The molecular weight excluding hydrogens is 599 g/mol. The number of piperidine rings is 1. The highest BCUT2D eigenvalue weighted by atomic mass is 35.5. The average molecular weight is 644 g/mol. The van der Waals surface area contributed by atoms with Crippen LogP contribution in [0.1, 0.15) is 55.7 Å². The van der Waals surface area contributed by atoms with E-state index >= 15 is 0 Å². The van der Waals surface area contributed by atoms with Crippen LogP contribution in [-0.2, 0) is 40.3 Å². The van der Waals surface area contributed by atoms with Crippen LogP contribution in [0, 0.1) is 5.92 Å². The molecule has 2 saturated heterocycles. The Bertz CT molecular complexity index is 1130. The SMILES string of the molecule is CCC1CCNCC1.CS(=O)NCC(=O)N1CCCC1C(=O)NCc1cc(Cl)ccc1CO.OCc1ccc(Cl)cc1. The third kappa shape index (κ3) is 13.1. The predicted octanol–water partition coefficient (Wildman–Crippen LogP) is 3.55. The van der Waals surface area contributed by atoms with Gasteiger partial charge in [0.15, 0.2) is 0 Å². The van der Waals surface area contributed by atoms with Gasteiger partial charge >= 0.3 is 0 Å². The number of carbonyl (C=O) groups excluding carboxylic acids is 2. The van der Waals surface area contributed by atoms with E-state index in [1.165, 1.54) is 43.5 Å². The van der Waals surface area contributed by atoms with Gasteiger partial charge in [-0.2, -0.15) is 0 Å². The molecule has 0 saturated carbocycles. The summed E-state index contributed by atoms with van der Waals surface area (Å²) in [4.78, 5) is 26.2. The summed E-state index contributed by atoms with van der Waals surface area (Å²) in [6.45, 7) is 5.40. The molecule has 234 valence electrons. The van der Waals surface area contributed by atoms with Crippen molar-refractivity contribution in [1.29, 1.82) is 0 Å². The number of aliphatic hydroxyl groups is 2. The van der Waals surface area contributed by atoms with Crippen LogP contribution in [0.4, 0.5) is 0 Å². The van der Waals surface area contributed by atoms with E-state index in [9.17, 15) is 18.9 Å². The molecule has 0 aliphatic carbocycles. The minimum absolute atomic E-state index is 0.0597. The Kier molecular flexibility index (Phi) is 17.2. The van der Waals surface area contributed by atoms with E-state index in [0.717, 1.165) is 23.5 Å². The van der Waals surface area contributed by atoms with Crippen molar-refractivity contribution in [3.63, 3.8) is 0 Å². The Labute approximate surface area is 261 Å². The molecule has 2 aliphatic rings. The number of halogens is 2. The van der Waals surface area contributed by atoms with Crippen LogP contribution in [0.5, 0.6) is 0 Å². The third-order valence-electron chi connectivity index (χ3n) is 7.23. The Morgan fingerprint density at radius 1 is 1.00 bits per heavy atom. The zero-order chi connectivity index (χ0) is 30.9. The van der Waals surface area contributed by atoms with E-state index in [-0.39, 0.29) is 38.1 Å². The van der Waals surface area contributed by atoms with Gasteiger partial charge < -0.3 is 25.7 Å². The summed E-state index contributed by atoms with van der Waals surface area (Å²) in [6.07, 6.45) is 6.97. The maximum absolute atomic E-state index is 12.5. The predicted molar refractivity (Wildman–Crippen MR) is 169 cm³/mol. The first-order chi connectivity index (χ1) is 20.2. The monoisotopic (exact) mass is 642 g/mol. The summed E-state index contributed by atoms with van der Waals surface area (Å²) in [7, 11) is -1.28. The minimum atomic E-state index is -1.28. The molecule has 2 aromatic rings. The van der Waals surface area contributed by atoms with Crippen LogP contribution < -0.4 is 15.4 Å². The standard InChI is InChI=1S/C16H22ClN3O4S.C7H7ClO.C7H15N/c1-25(24)19-9-15(22)20-6-2-3-14(20)16(23)18-8-12-7-13(17)5-4-11(12)10-21;8-7-3-1-6(5-9)2-4-7;1-2-7-3-5-8-6-4-7/h4-5,7,14,19,21H,2-3,6,8-10H2,1H3,(H,18,23);1-4,9H,5H2;7-8H,2-6H2,1H3. The van der Waals surface area contributed by atoms with Crippen LogP contribution >= 0.6 is 23.2 Å². The van der Waals surface area contributed by atoms with Gasteiger partial charge in [0.05, 0.1) is 30.7 Å². The molecule has 2 heterocycles. The molecule has 2 amide bonds. The van der Waals surface area contributed by atoms with Crippen LogP contribution in [0.15, 0.2) is 42.5 Å². The van der Waals surface area contributed by atoms with Crippen LogP contribution in [0.3, 0.4) is 0 Å². The number of carbonyl (C=O) groups is 2. The largest absolute Gasteiger partial charge is 0.392 e. The van der Waals surface area contributed by atoms with E-state index in [4.69, 9.17) is 28.3 Å². The first kappa shape index (κ1) is 36.1. The van der Waals surface area contributed by atoms with Crippen molar-refractivity contribution in [3.05, 3.63) is 69.2 Å². The topological polar surface area (TPSA) is 131 Å². The summed E-state index contributed by atoms with van der Waals surface area (Å²) in [5.41, 5.74) is 2.32. The van der Waals surface area contributed by atoms with E-state index in [0.29, 0.717) is 28.6 Å². The normalized spacial score (nSPS) is 17.4. The van der Waals surface area contributed by atoms with Crippen molar-refractivity contribution in [1.82, 2.24) is 20.3 Å². The number of amides is 2. The Balaban J connectivity index is 0.000000292. The first-order valence-corrected chi connectivity index (χ1v) is 16.6. The number of hydrogen-bond acceptors (Lipinski definition) is 6. The van der Waals surface area contributed by atoms with Crippen molar-refractivity contribution in [2.24, 2.45) is 5.92 Å². The van der Waals surface area contributed by atoms with Crippen molar-refractivity contribution >= 4 is 46.0 Å². The van der Waals surface area contributed by atoms with Crippen LogP contribution in [-0.4, -0.2) is 69.6 Å². The molecule has 0 aromatic heterocycles. The van der Waals surface area contributed by atoms with Crippen molar-refractivity contribution in [2.75, 3.05) is 32.4 Å². The minimum Gasteiger partial charge on any atom is -0.392 e. The molecule has 2 aromatic carbocycles. The number of rotatable bonds is 9. The highest BCUT2D eigenvalue weighted by Crippen LogP contribution is 2.19. The number of hydrogen-bond donors (Lipinski definition) is 5. The lowest BCUT2D eigenvalue weighted by molar-refractivity contribution is -0.137. The molecule has 2 aliphatic heterocycles. The van der Waals surface area contributed by atoms with E-state index in [1.807, 2.05) is 0 Å². The van der Waals surface area contributed by atoms with Gasteiger partial charge in [-0.05, 0) is 85.6 Å². The number of nitrogens with one attached hydrogen (secondary N) is 3. The molecule has 2 atom stereocenters. The molecule has 2 unspecified atom stereocenters. The lowest BCUT2D eigenvalue weighted by atomic mass is 9.96. The van der Waals surface area contributed by atoms with Gasteiger partial charge in [-0.1, -0.05) is 54.7 Å². The number of nitrogens with zero attached hydrogens (tertiary/aromatic N) is 1. The van der Waals surface area contributed by atoms with Crippen molar-refractivity contribution in [2.45, 2.75) is 64.8 Å². The third-order valence-corrected chi connectivity index (χ3v) is 8.26. The summed E-state index contributed by atoms with van der Waals surface area (Å²) < 4.78 is 13.6. The molecule has 9 nitrogen and oxygen atoms in total. The van der Waals surface area contributed by atoms with Gasteiger partial charge in [-0.25, -0.2) is 8.93 Å². The van der Waals surface area contributed by atoms with Crippen LogP contribution in [0.2, 0.25) is 10.0 Å². The van der Waals surface area contributed by atoms with Gasteiger partial charge in [-0.3, -0.25) is 9.59 Å². The fourth-order valence-corrected chi connectivity index (χ4v) is 5.34. The number of benzene rings is 2. The second kappa shape index (κ2) is 20.0. The van der Waals surface area contributed by atoms with Crippen LogP contribution in [0.25, 0.3) is 0 Å². The zero-order valence-corrected chi connectivity index (χ0v) is 26.7. The molecule has 12 heteroatoms. The Morgan fingerprint density at radius 3 is 2.24 bits per heavy atom. The molecule has 4 rings (SSSR count). The summed E-state index contributed by atoms with van der Waals surface area (Å²) >= 11 is 11.5. The average Bonchev–Trinajstić information content (AvgIpc) is 3.51. The Morgan fingerprint density at radius 2 is 1.67 bits per heavy atom. The zero-order valence-electron chi connectivity index (χ0n) is 24.4. The molecule has 0 bridgehead atoms. The van der Waals surface area contributed by atoms with Crippen molar-refractivity contribution < 1.29 is 24.0 Å². The summed E-state index contributed by atoms with van der Waals surface area (Å²) in [5.74, 6) is 0.537. The quantitative estimate of drug-likeness (QED) is 0.284.